The van der Waals surface area contributed by atoms with Crippen molar-refractivity contribution in [2.45, 2.75) is 13.0 Å². The van der Waals surface area contributed by atoms with Crippen molar-refractivity contribution in [1.29, 1.82) is 0 Å². The molecule has 0 unspecified atom stereocenters. The molecule has 0 aromatic carbocycles. The number of rotatable bonds is 0. The molecule has 11 heavy (non-hydrogen) atoms. The third-order valence-corrected chi connectivity index (χ3v) is 2.11. The van der Waals surface area contributed by atoms with Crippen LogP contribution in [0.2, 0.25) is 0 Å². The number of hydrogen-bond acceptors (Lipinski definition) is 3. The molecule has 1 aliphatic heterocycles. The molecule has 1 aromatic heterocycles. The van der Waals surface area contributed by atoms with Crippen molar-refractivity contribution in [2.24, 2.45) is 0 Å². The van der Waals surface area contributed by atoms with E-state index in [1.165, 1.54) is 0 Å². The second-order valence-electron chi connectivity index (χ2n) is 2.95. The van der Waals surface area contributed by atoms with Gasteiger partial charge in [-0.15, -0.1) is 0 Å². The first kappa shape index (κ1) is 6.79. The average molecular weight is 152 g/mol. The minimum atomic E-state index is 0.978. The fourth-order valence-corrected chi connectivity index (χ4v) is 1.34. The summed E-state index contributed by atoms with van der Waals surface area (Å²) in [6.45, 7) is 3.15. The van der Waals surface area contributed by atoms with Crippen LogP contribution >= 0.6 is 0 Å². The van der Waals surface area contributed by atoms with Crippen LogP contribution < -0.4 is 0 Å². The lowest BCUT2D eigenvalue weighted by Gasteiger charge is -2.10. The fourth-order valence-electron chi connectivity index (χ4n) is 1.34. The van der Waals surface area contributed by atoms with Crippen LogP contribution in [-0.4, -0.2) is 39.8 Å². The summed E-state index contributed by atoms with van der Waals surface area (Å²) in [5.74, 6) is 1.12. The average Bonchev–Trinajstić information content (AvgIpc) is 2.38. The number of nitrogens with zero attached hydrogens (tertiary/aromatic N) is 4. The summed E-state index contributed by atoms with van der Waals surface area (Å²) in [6, 6.07) is 0. The second-order valence-corrected chi connectivity index (χ2v) is 2.95. The van der Waals surface area contributed by atoms with E-state index in [2.05, 4.69) is 22.0 Å². The minimum Gasteiger partial charge on any atom is -0.304 e. The molecule has 2 heterocycles. The Morgan fingerprint density at radius 1 is 1.36 bits per heavy atom. The summed E-state index contributed by atoms with van der Waals surface area (Å²) < 4.78 is 1.99. The van der Waals surface area contributed by atoms with Crippen LogP contribution in [-0.2, 0) is 13.0 Å². The third-order valence-electron chi connectivity index (χ3n) is 2.11. The van der Waals surface area contributed by atoms with E-state index in [-0.39, 0.29) is 0 Å². The van der Waals surface area contributed by atoms with Crippen LogP contribution in [0.1, 0.15) is 5.82 Å². The Labute approximate surface area is 65.8 Å². The van der Waals surface area contributed by atoms with Gasteiger partial charge < -0.3 is 4.90 Å². The summed E-state index contributed by atoms with van der Waals surface area (Å²) in [4.78, 5) is 6.48. The molecular formula is C7H12N4. The highest BCUT2D eigenvalue weighted by molar-refractivity contribution is 4.87. The Bertz CT molecular complexity index is 220. The lowest BCUT2D eigenvalue weighted by atomic mass is 10.4. The van der Waals surface area contributed by atoms with Crippen LogP contribution in [0.4, 0.5) is 0 Å². The molecule has 2 rings (SSSR count). The molecule has 0 spiro atoms. The number of aromatic nitrogens is 3. The van der Waals surface area contributed by atoms with Crippen LogP contribution in [0, 0.1) is 0 Å². The molecule has 0 atom stereocenters. The first-order chi connectivity index (χ1) is 5.36. The molecule has 0 aliphatic carbocycles. The van der Waals surface area contributed by atoms with Gasteiger partial charge in [0, 0.05) is 19.5 Å². The minimum absolute atomic E-state index is 0.978. The molecule has 0 amide bonds. The molecule has 4 heteroatoms. The van der Waals surface area contributed by atoms with Crippen molar-refractivity contribution < 1.29 is 0 Å². The largest absolute Gasteiger partial charge is 0.304 e. The van der Waals surface area contributed by atoms with Crippen molar-refractivity contribution in [2.75, 3.05) is 20.1 Å². The predicted molar refractivity (Wildman–Crippen MR) is 41.2 cm³/mol. The van der Waals surface area contributed by atoms with Gasteiger partial charge in [-0.1, -0.05) is 0 Å². The molecule has 0 N–H and O–H groups in total. The summed E-state index contributed by atoms with van der Waals surface area (Å²) >= 11 is 0. The number of hydrogen-bond donors (Lipinski definition) is 0. The monoisotopic (exact) mass is 152 g/mol. The van der Waals surface area contributed by atoms with Gasteiger partial charge in [-0.3, -0.25) is 0 Å². The van der Waals surface area contributed by atoms with Crippen LogP contribution in [0.5, 0.6) is 0 Å². The zero-order valence-electron chi connectivity index (χ0n) is 6.69. The molecule has 0 fully saturated rings. The van der Waals surface area contributed by atoms with Crippen molar-refractivity contribution in [3.8, 4) is 0 Å². The van der Waals surface area contributed by atoms with Gasteiger partial charge in [0.05, 0.1) is 6.54 Å². The number of fused-ring (bicyclic) bond motifs is 1. The zero-order chi connectivity index (χ0) is 7.68. The van der Waals surface area contributed by atoms with Crippen molar-refractivity contribution >= 4 is 0 Å². The Kier molecular flexibility index (Phi) is 1.62. The highest BCUT2D eigenvalue weighted by Crippen LogP contribution is 2.01. The molecular weight excluding hydrogens is 140 g/mol. The lowest BCUT2D eigenvalue weighted by Crippen LogP contribution is -2.21. The van der Waals surface area contributed by atoms with E-state index in [1.807, 2.05) is 4.68 Å². The quantitative estimate of drug-likeness (QED) is 0.515. The number of likely N-dealkylation sites (N-methyl/N-ethyl adjacent to an activating group) is 1. The highest BCUT2D eigenvalue weighted by Gasteiger charge is 2.10. The molecule has 0 saturated carbocycles. The molecule has 0 bridgehead atoms. The van der Waals surface area contributed by atoms with Crippen molar-refractivity contribution in [1.82, 2.24) is 19.7 Å². The first-order valence-electron chi connectivity index (χ1n) is 3.91. The van der Waals surface area contributed by atoms with Gasteiger partial charge in [0.2, 0.25) is 0 Å². The Morgan fingerprint density at radius 3 is 3.18 bits per heavy atom. The smallest absolute Gasteiger partial charge is 0.138 e. The maximum atomic E-state index is 4.18. The van der Waals surface area contributed by atoms with Crippen molar-refractivity contribution in [3.63, 3.8) is 0 Å². The predicted octanol–water partition coefficient (Wildman–Crippen LogP) is -0.234. The summed E-state index contributed by atoms with van der Waals surface area (Å²) in [6.07, 6.45) is 2.66. The molecule has 60 valence electrons. The molecule has 1 aromatic rings. The molecule has 0 saturated heterocycles. The van der Waals surface area contributed by atoms with E-state index in [0.29, 0.717) is 0 Å². The van der Waals surface area contributed by atoms with Crippen LogP contribution in [0.25, 0.3) is 0 Å². The highest BCUT2D eigenvalue weighted by atomic mass is 15.3. The lowest BCUT2D eigenvalue weighted by molar-refractivity contribution is 0.337. The van der Waals surface area contributed by atoms with E-state index < -0.39 is 0 Å². The van der Waals surface area contributed by atoms with E-state index >= 15 is 0 Å². The molecule has 0 radical (unpaired) electrons. The fraction of sp³-hybridized carbons (Fsp3) is 0.714. The Morgan fingerprint density at radius 2 is 2.27 bits per heavy atom. The van der Waals surface area contributed by atoms with E-state index in [0.717, 1.165) is 31.9 Å². The third kappa shape index (κ3) is 1.26. The zero-order valence-corrected chi connectivity index (χ0v) is 6.69. The first-order valence-corrected chi connectivity index (χ1v) is 3.91. The topological polar surface area (TPSA) is 34.0 Å². The normalized spacial score (nSPS) is 19.4. The maximum absolute atomic E-state index is 4.18. The van der Waals surface area contributed by atoms with E-state index in [9.17, 15) is 0 Å². The second kappa shape index (κ2) is 2.62. The summed E-state index contributed by atoms with van der Waals surface area (Å²) in [7, 11) is 2.13. The molecule has 4 nitrogen and oxygen atoms in total. The Balaban J connectivity index is 2.20. The van der Waals surface area contributed by atoms with Gasteiger partial charge in [0.25, 0.3) is 0 Å². The maximum Gasteiger partial charge on any atom is 0.138 e. The van der Waals surface area contributed by atoms with Crippen molar-refractivity contribution in [3.05, 3.63) is 12.2 Å². The standard InChI is InChI=1S/C7H12N4/c1-10-3-2-7-8-6-9-11(7)5-4-10/h6H,2-5H2,1H3. The molecule has 1 aliphatic rings. The van der Waals surface area contributed by atoms with Crippen LogP contribution in [0.15, 0.2) is 6.33 Å². The SMILES string of the molecule is CN1CCc2ncnn2CC1. The summed E-state index contributed by atoms with van der Waals surface area (Å²) in [5, 5.41) is 4.13. The van der Waals surface area contributed by atoms with Gasteiger partial charge in [0.15, 0.2) is 0 Å². The summed E-state index contributed by atoms with van der Waals surface area (Å²) in [5.41, 5.74) is 0. The van der Waals surface area contributed by atoms with Crippen LogP contribution in [0.3, 0.4) is 0 Å². The van der Waals surface area contributed by atoms with Gasteiger partial charge in [-0.2, -0.15) is 5.10 Å². The Hall–Kier alpha value is -0.900. The van der Waals surface area contributed by atoms with Gasteiger partial charge in [0.1, 0.15) is 12.2 Å². The van der Waals surface area contributed by atoms with Gasteiger partial charge >= 0.3 is 0 Å². The van der Waals surface area contributed by atoms with E-state index in [4.69, 9.17) is 0 Å². The van der Waals surface area contributed by atoms with Gasteiger partial charge in [-0.05, 0) is 7.05 Å². The van der Waals surface area contributed by atoms with Gasteiger partial charge in [-0.25, -0.2) is 9.67 Å². The van der Waals surface area contributed by atoms with E-state index in [1.54, 1.807) is 6.33 Å².